The van der Waals surface area contributed by atoms with Crippen molar-refractivity contribution in [1.82, 2.24) is 9.19 Å². The quantitative estimate of drug-likeness (QED) is 0.861. The third-order valence-corrected chi connectivity index (χ3v) is 4.03. The van der Waals surface area contributed by atoms with Gasteiger partial charge in [0, 0.05) is 5.02 Å². The van der Waals surface area contributed by atoms with Crippen LogP contribution in [0, 0.1) is 0 Å². The SMILES string of the molecule is C[C@@H](Oc1ccc(Cl)cc1Cl)c1ccnn1S(C)(=O)=O. The van der Waals surface area contributed by atoms with Gasteiger partial charge in [-0.25, -0.2) is 8.42 Å². The second kappa shape index (κ2) is 5.63. The van der Waals surface area contributed by atoms with Gasteiger partial charge in [0.05, 0.1) is 23.2 Å². The number of rotatable bonds is 4. The fourth-order valence-corrected chi connectivity index (χ4v) is 2.96. The summed E-state index contributed by atoms with van der Waals surface area (Å²) in [5, 5.41) is 4.63. The topological polar surface area (TPSA) is 61.2 Å². The lowest BCUT2D eigenvalue weighted by molar-refractivity contribution is 0.220. The van der Waals surface area contributed by atoms with Crippen molar-refractivity contribution in [3.63, 3.8) is 0 Å². The minimum absolute atomic E-state index is 0.356. The number of hydrogen-bond donors (Lipinski definition) is 0. The van der Waals surface area contributed by atoms with Crippen LogP contribution in [0.5, 0.6) is 5.75 Å². The number of benzene rings is 1. The lowest BCUT2D eigenvalue weighted by Gasteiger charge is -2.16. The summed E-state index contributed by atoms with van der Waals surface area (Å²) in [6.45, 7) is 1.71. The number of hydrogen-bond acceptors (Lipinski definition) is 4. The predicted octanol–water partition coefficient (Wildman–Crippen LogP) is 3.14. The Kier molecular flexibility index (Phi) is 4.27. The molecule has 5 nitrogen and oxygen atoms in total. The van der Waals surface area contributed by atoms with Crippen molar-refractivity contribution < 1.29 is 13.2 Å². The molecule has 0 N–H and O–H groups in total. The Hall–Kier alpha value is -1.24. The summed E-state index contributed by atoms with van der Waals surface area (Å²) in [5.74, 6) is 0.421. The highest BCUT2D eigenvalue weighted by atomic mass is 35.5. The van der Waals surface area contributed by atoms with E-state index in [-0.39, 0.29) is 0 Å². The van der Waals surface area contributed by atoms with Crippen molar-refractivity contribution in [2.75, 3.05) is 6.26 Å². The number of nitrogens with zero attached hydrogens (tertiary/aromatic N) is 2. The van der Waals surface area contributed by atoms with Crippen LogP contribution < -0.4 is 4.74 Å². The van der Waals surface area contributed by atoms with E-state index in [1.165, 1.54) is 6.20 Å². The Morgan fingerprint density at radius 3 is 2.60 bits per heavy atom. The van der Waals surface area contributed by atoms with Gasteiger partial charge >= 0.3 is 0 Å². The summed E-state index contributed by atoms with van der Waals surface area (Å²) in [5.41, 5.74) is 0.415. The molecule has 108 valence electrons. The monoisotopic (exact) mass is 334 g/mol. The number of aromatic nitrogens is 2. The second-order valence-corrected chi connectivity index (χ2v) is 6.85. The maximum Gasteiger partial charge on any atom is 0.251 e. The van der Waals surface area contributed by atoms with Crippen molar-refractivity contribution in [2.45, 2.75) is 13.0 Å². The predicted molar refractivity (Wildman–Crippen MR) is 78.0 cm³/mol. The van der Waals surface area contributed by atoms with Gasteiger partial charge in [-0.15, -0.1) is 0 Å². The van der Waals surface area contributed by atoms with Gasteiger partial charge in [0.15, 0.2) is 0 Å². The molecule has 0 aliphatic carbocycles. The lowest BCUT2D eigenvalue weighted by atomic mass is 10.3. The van der Waals surface area contributed by atoms with Crippen LogP contribution in [0.15, 0.2) is 30.5 Å². The molecule has 0 saturated heterocycles. The van der Waals surface area contributed by atoms with Crippen LogP contribution in [0.4, 0.5) is 0 Å². The van der Waals surface area contributed by atoms with Gasteiger partial charge in [-0.05, 0) is 31.2 Å². The van der Waals surface area contributed by atoms with Crippen molar-refractivity contribution >= 4 is 33.2 Å². The van der Waals surface area contributed by atoms with Gasteiger partial charge < -0.3 is 4.74 Å². The lowest BCUT2D eigenvalue weighted by Crippen LogP contribution is -2.18. The molecule has 1 aromatic heterocycles. The summed E-state index contributed by atoms with van der Waals surface area (Å²) in [4.78, 5) is 0. The van der Waals surface area contributed by atoms with Crippen molar-refractivity contribution in [3.05, 3.63) is 46.2 Å². The van der Waals surface area contributed by atoms with Crippen molar-refractivity contribution in [2.24, 2.45) is 0 Å². The molecular formula is C12H12Cl2N2O3S. The highest BCUT2D eigenvalue weighted by Gasteiger charge is 2.19. The first-order valence-electron chi connectivity index (χ1n) is 5.65. The van der Waals surface area contributed by atoms with Crippen molar-refractivity contribution in [3.8, 4) is 5.75 Å². The molecule has 0 unspecified atom stereocenters. The first-order chi connectivity index (χ1) is 9.29. The molecule has 1 atom stereocenters. The highest BCUT2D eigenvalue weighted by molar-refractivity contribution is 7.89. The summed E-state index contributed by atoms with van der Waals surface area (Å²) < 4.78 is 29.8. The zero-order valence-electron chi connectivity index (χ0n) is 10.7. The molecule has 0 aliphatic heterocycles. The molecule has 8 heteroatoms. The summed E-state index contributed by atoms with van der Waals surface area (Å²) >= 11 is 11.8. The summed E-state index contributed by atoms with van der Waals surface area (Å²) in [6.07, 6.45) is 1.94. The average molecular weight is 335 g/mol. The van der Waals surface area contributed by atoms with Gasteiger partial charge in [0.1, 0.15) is 11.9 Å². The molecule has 0 fully saturated rings. The first kappa shape index (κ1) is 15.2. The molecule has 0 spiro atoms. The Balaban J connectivity index is 2.29. The zero-order chi connectivity index (χ0) is 14.9. The Morgan fingerprint density at radius 2 is 2.00 bits per heavy atom. The van der Waals surface area contributed by atoms with Crippen LogP contribution >= 0.6 is 23.2 Å². The van der Waals surface area contributed by atoms with Crippen LogP contribution in [0.3, 0.4) is 0 Å². The van der Waals surface area contributed by atoms with Crippen LogP contribution in [0.2, 0.25) is 10.0 Å². The van der Waals surface area contributed by atoms with E-state index in [2.05, 4.69) is 5.10 Å². The van der Waals surface area contributed by atoms with Crippen molar-refractivity contribution in [1.29, 1.82) is 0 Å². The van der Waals surface area contributed by atoms with E-state index in [0.29, 0.717) is 21.5 Å². The third kappa shape index (κ3) is 3.26. The molecular weight excluding hydrogens is 323 g/mol. The first-order valence-corrected chi connectivity index (χ1v) is 8.25. The number of halogens is 2. The van der Waals surface area contributed by atoms with E-state index < -0.39 is 16.1 Å². The largest absolute Gasteiger partial charge is 0.483 e. The Morgan fingerprint density at radius 1 is 1.30 bits per heavy atom. The molecule has 2 rings (SSSR count). The molecule has 0 aliphatic rings. The van der Waals surface area contributed by atoms with Gasteiger partial charge in [-0.2, -0.15) is 9.19 Å². The standard InChI is InChI=1S/C12H12Cl2N2O3S/c1-8(11-5-6-15-16(11)20(2,17)18)19-12-4-3-9(13)7-10(12)14/h3-8H,1-2H3/t8-/m1/s1. The Labute approximate surface area is 127 Å². The smallest absolute Gasteiger partial charge is 0.251 e. The molecule has 20 heavy (non-hydrogen) atoms. The van der Waals surface area contributed by atoms with Gasteiger partial charge in [-0.3, -0.25) is 0 Å². The Bertz CT molecular complexity index is 728. The van der Waals surface area contributed by atoms with Crippen LogP contribution in [-0.4, -0.2) is 23.9 Å². The third-order valence-electron chi connectivity index (χ3n) is 2.57. The van der Waals surface area contributed by atoms with E-state index >= 15 is 0 Å². The second-order valence-electron chi connectivity index (χ2n) is 4.20. The fraction of sp³-hybridized carbons (Fsp3) is 0.250. The minimum Gasteiger partial charge on any atom is -0.483 e. The fourth-order valence-electron chi connectivity index (χ4n) is 1.69. The minimum atomic E-state index is -3.47. The molecule has 0 radical (unpaired) electrons. The van der Waals surface area contributed by atoms with Gasteiger partial charge in [0.25, 0.3) is 10.0 Å². The maximum atomic E-state index is 11.6. The van der Waals surface area contributed by atoms with E-state index in [1.807, 2.05) is 0 Å². The maximum absolute atomic E-state index is 11.6. The molecule has 0 bridgehead atoms. The van der Waals surface area contributed by atoms with Gasteiger partial charge in [-0.1, -0.05) is 23.2 Å². The van der Waals surface area contributed by atoms with E-state index in [0.717, 1.165) is 10.3 Å². The summed E-state index contributed by atoms with van der Waals surface area (Å²) in [6, 6.07) is 6.40. The molecule has 0 amide bonds. The number of ether oxygens (including phenoxy) is 1. The average Bonchev–Trinajstić information content (AvgIpc) is 2.81. The molecule has 0 saturated carbocycles. The van der Waals surface area contributed by atoms with E-state index in [9.17, 15) is 8.42 Å². The zero-order valence-corrected chi connectivity index (χ0v) is 13.1. The van der Waals surface area contributed by atoms with Crippen LogP contribution in [-0.2, 0) is 10.0 Å². The molecule has 2 aromatic rings. The highest BCUT2D eigenvalue weighted by Crippen LogP contribution is 2.31. The van der Waals surface area contributed by atoms with Gasteiger partial charge in [0.2, 0.25) is 0 Å². The van der Waals surface area contributed by atoms with Crippen LogP contribution in [0.25, 0.3) is 0 Å². The molecule has 1 aromatic carbocycles. The normalized spacial score (nSPS) is 13.2. The summed E-state index contributed by atoms with van der Waals surface area (Å²) in [7, 11) is -3.47. The molecule has 1 heterocycles. The van der Waals surface area contributed by atoms with E-state index in [4.69, 9.17) is 27.9 Å². The van der Waals surface area contributed by atoms with Crippen LogP contribution in [0.1, 0.15) is 18.7 Å². The van der Waals surface area contributed by atoms with E-state index in [1.54, 1.807) is 31.2 Å².